The lowest BCUT2D eigenvalue weighted by Crippen LogP contribution is -2.29. The molecule has 0 aromatic carbocycles. The third-order valence-electron chi connectivity index (χ3n) is 4.16. The van der Waals surface area contributed by atoms with Gasteiger partial charge in [0.25, 0.3) is 0 Å². The van der Waals surface area contributed by atoms with Crippen LogP contribution in [0, 0.1) is 17.8 Å². The average Bonchev–Trinajstić information content (AvgIpc) is 2.71. The van der Waals surface area contributed by atoms with Crippen LogP contribution in [0.3, 0.4) is 0 Å². The smallest absolute Gasteiger partial charge is 0.307 e. The number of aliphatic carboxylic acids is 2. The number of carboxylic acids is 2. The number of Topliss-reactive ketones (excluding diaryl/α,β-unsaturated/α-hetero) is 2. The summed E-state index contributed by atoms with van der Waals surface area (Å²) < 4.78 is 0. The van der Waals surface area contributed by atoms with E-state index in [-0.39, 0.29) is 24.4 Å². The van der Waals surface area contributed by atoms with Crippen molar-refractivity contribution in [1.82, 2.24) is 0 Å². The predicted octanol–water partition coefficient (Wildman–Crippen LogP) is 1.91. The lowest BCUT2D eigenvalue weighted by Gasteiger charge is -2.17. The monoisotopic (exact) mass is 298 g/mol. The van der Waals surface area contributed by atoms with Gasteiger partial charge in [0.1, 0.15) is 11.6 Å². The molecule has 0 aromatic heterocycles. The Kier molecular flexibility index (Phi) is 6.52. The largest absolute Gasteiger partial charge is 0.481 e. The van der Waals surface area contributed by atoms with Crippen LogP contribution < -0.4 is 0 Å². The van der Waals surface area contributed by atoms with Gasteiger partial charge in [-0.15, -0.1) is 0 Å². The fourth-order valence-corrected chi connectivity index (χ4v) is 3.05. The minimum atomic E-state index is -1.07. The van der Waals surface area contributed by atoms with Gasteiger partial charge < -0.3 is 10.2 Å². The van der Waals surface area contributed by atoms with Crippen LogP contribution in [0.1, 0.15) is 51.9 Å². The second-order valence-corrected chi connectivity index (χ2v) is 5.70. The number of carboxylic acid groups (broad SMARTS) is 2. The standard InChI is InChI=1S/C15H22O6/c1-9(16)11-8-12(17)10(14(11)15(20)21)6-4-2-3-5-7-13(18)19/h10-11,14H,2-8H2,1H3,(H,18,19)(H,20,21)/t10-,11-,14+/m1/s1. The summed E-state index contributed by atoms with van der Waals surface area (Å²) in [5, 5.41) is 17.8. The molecule has 0 bridgehead atoms. The SMILES string of the molecule is CC(=O)[C@H]1CC(=O)[C@@H](CCCCCCC(=O)O)[C@@H]1C(=O)O. The topological polar surface area (TPSA) is 109 Å². The Balaban J connectivity index is 2.45. The van der Waals surface area contributed by atoms with E-state index in [4.69, 9.17) is 5.11 Å². The lowest BCUT2D eigenvalue weighted by molar-refractivity contribution is -0.147. The van der Waals surface area contributed by atoms with Gasteiger partial charge in [0.15, 0.2) is 0 Å². The Labute approximate surface area is 123 Å². The number of hydrogen-bond donors (Lipinski definition) is 2. The quantitative estimate of drug-likeness (QED) is 0.629. The van der Waals surface area contributed by atoms with Gasteiger partial charge in [0.2, 0.25) is 0 Å². The summed E-state index contributed by atoms with van der Waals surface area (Å²) in [4.78, 5) is 45.1. The fraction of sp³-hybridized carbons (Fsp3) is 0.733. The normalized spacial score (nSPS) is 25.0. The molecule has 0 radical (unpaired) electrons. The van der Waals surface area contributed by atoms with Gasteiger partial charge in [-0.3, -0.25) is 19.2 Å². The molecule has 1 aliphatic rings. The van der Waals surface area contributed by atoms with Crippen LogP contribution in [0.4, 0.5) is 0 Å². The van der Waals surface area contributed by atoms with Gasteiger partial charge in [0, 0.05) is 24.7 Å². The Morgan fingerprint density at radius 3 is 2.24 bits per heavy atom. The maximum absolute atomic E-state index is 11.9. The lowest BCUT2D eigenvalue weighted by atomic mass is 9.84. The highest BCUT2D eigenvalue weighted by Gasteiger charge is 2.47. The summed E-state index contributed by atoms with van der Waals surface area (Å²) in [7, 11) is 0. The van der Waals surface area contributed by atoms with E-state index in [2.05, 4.69) is 0 Å². The highest BCUT2D eigenvalue weighted by molar-refractivity contribution is 5.97. The van der Waals surface area contributed by atoms with Crippen molar-refractivity contribution < 1.29 is 29.4 Å². The molecule has 0 heterocycles. The molecule has 0 unspecified atom stereocenters. The summed E-state index contributed by atoms with van der Waals surface area (Å²) in [5.74, 6) is -4.42. The van der Waals surface area contributed by atoms with Crippen molar-refractivity contribution in [3.63, 3.8) is 0 Å². The first-order chi connectivity index (χ1) is 9.84. The Bertz CT molecular complexity index is 428. The third kappa shape index (κ3) is 4.95. The molecule has 0 aromatic rings. The van der Waals surface area contributed by atoms with Gasteiger partial charge in [0.05, 0.1) is 5.92 Å². The maximum Gasteiger partial charge on any atom is 0.307 e. The number of rotatable bonds is 9. The van der Waals surface area contributed by atoms with E-state index in [0.29, 0.717) is 19.3 Å². The van der Waals surface area contributed by atoms with Crippen LogP contribution in [0.5, 0.6) is 0 Å². The average molecular weight is 298 g/mol. The molecule has 1 aliphatic carbocycles. The van der Waals surface area contributed by atoms with E-state index < -0.39 is 29.7 Å². The molecule has 118 valence electrons. The molecule has 6 nitrogen and oxygen atoms in total. The van der Waals surface area contributed by atoms with Crippen LogP contribution in [-0.4, -0.2) is 33.7 Å². The zero-order chi connectivity index (χ0) is 16.0. The molecule has 1 rings (SSSR count). The van der Waals surface area contributed by atoms with Crippen molar-refractivity contribution in [2.75, 3.05) is 0 Å². The zero-order valence-electron chi connectivity index (χ0n) is 12.2. The zero-order valence-corrected chi connectivity index (χ0v) is 12.2. The minimum absolute atomic E-state index is 0.0377. The molecule has 6 heteroatoms. The summed E-state index contributed by atoms with van der Waals surface area (Å²) in [6.07, 6.45) is 3.43. The Morgan fingerprint density at radius 1 is 1.10 bits per heavy atom. The van der Waals surface area contributed by atoms with Crippen LogP contribution in [0.15, 0.2) is 0 Å². The van der Waals surface area contributed by atoms with Gasteiger partial charge in [-0.05, 0) is 19.8 Å². The van der Waals surface area contributed by atoms with Gasteiger partial charge in [-0.2, -0.15) is 0 Å². The molecule has 0 amide bonds. The summed E-state index contributed by atoms with van der Waals surface area (Å²) in [5.41, 5.74) is 0. The fourth-order valence-electron chi connectivity index (χ4n) is 3.05. The first kappa shape index (κ1) is 17.3. The van der Waals surface area contributed by atoms with E-state index >= 15 is 0 Å². The number of unbranched alkanes of at least 4 members (excludes halogenated alkanes) is 3. The van der Waals surface area contributed by atoms with Crippen molar-refractivity contribution in [2.45, 2.75) is 51.9 Å². The van der Waals surface area contributed by atoms with Crippen molar-refractivity contribution in [2.24, 2.45) is 17.8 Å². The van der Waals surface area contributed by atoms with E-state index in [1.54, 1.807) is 0 Å². The Morgan fingerprint density at radius 2 is 1.71 bits per heavy atom. The number of carbonyl (C=O) groups is 4. The highest BCUT2D eigenvalue weighted by Crippen LogP contribution is 2.38. The van der Waals surface area contributed by atoms with Crippen molar-refractivity contribution in [1.29, 1.82) is 0 Å². The molecule has 0 spiro atoms. The van der Waals surface area contributed by atoms with E-state index in [9.17, 15) is 24.3 Å². The van der Waals surface area contributed by atoms with E-state index in [1.165, 1.54) is 6.92 Å². The van der Waals surface area contributed by atoms with Crippen molar-refractivity contribution in [3.05, 3.63) is 0 Å². The van der Waals surface area contributed by atoms with Crippen molar-refractivity contribution in [3.8, 4) is 0 Å². The minimum Gasteiger partial charge on any atom is -0.481 e. The maximum atomic E-state index is 11.9. The highest BCUT2D eigenvalue weighted by atomic mass is 16.4. The number of carbonyl (C=O) groups excluding carboxylic acids is 2. The van der Waals surface area contributed by atoms with Gasteiger partial charge in [-0.25, -0.2) is 0 Å². The second-order valence-electron chi connectivity index (χ2n) is 5.70. The molecular weight excluding hydrogens is 276 g/mol. The van der Waals surface area contributed by atoms with E-state index in [1.807, 2.05) is 0 Å². The first-order valence-corrected chi connectivity index (χ1v) is 7.32. The molecule has 0 saturated heterocycles. The second kappa shape index (κ2) is 7.90. The van der Waals surface area contributed by atoms with Crippen LogP contribution in [-0.2, 0) is 19.2 Å². The van der Waals surface area contributed by atoms with Crippen LogP contribution in [0.25, 0.3) is 0 Å². The summed E-state index contributed by atoms with van der Waals surface area (Å²) >= 11 is 0. The van der Waals surface area contributed by atoms with Crippen molar-refractivity contribution >= 4 is 23.5 Å². The molecule has 1 saturated carbocycles. The first-order valence-electron chi connectivity index (χ1n) is 7.32. The van der Waals surface area contributed by atoms with Crippen LogP contribution in [0.2, 0.25) is 0 Å². The molecule has 2 N–H and O–H groups in total. The van der Waals surface area contributed by atoms with Gasteiger partial charge >= 0.3 is 11.9 Å². The predicted molar refractivity (Wildman–Crippen MR) is 73.7 cm³/mol. The number of ketones is 2. The summed E-state index contributed by atoms with van der Waals surface area (Å²) in [6.45, 7) is 1.34. The molecular formula is C15H22O6. The third-order valence-corrected chi connectivity index (χ3v) is 4.16. The van der Waals surface area contributed by atoms with Gasteiger partial charge in [-0.1, -0.05) is 19.3 Å². The molecule has 3 atom stereocenters. The molecule has 21 heavy (non-hydrogen) atoms. The Hall–Kier alpha value is -1.72. The summed E-state index contributed by atoms with van der Waals surface area (Å²) in [6, 6.07) is 0. The number of hydrogen-bond acceptors (Lipinski definition) is 4. The van der Waals surface area contributed by atoms with Crippen LogP contribution >= 0.6 is 0 Å². The molecule has 0 aliphatic heterocycles. The molecule has 1 fully saturated rings. The van der Waals surface area contributed by atoms with E-state index in [0.717, 1.165) is 12.8 Å².